The lowest BCUT2D eigenvalue weighted by molar-refractivity contribution is 0.499. The van der Waals surface area contributed by atoms with Gasteiger partial charge in [-0.05, 0) is 45.4 Å². The molecule has 1 N–H and O–H groups in total. The monoisotopic (exact) mass is 270 g/mol. The van der Waals surface area contributed by atoms with Crippen molar-refractivity contribution < 1.29 is 4.42 Å². The Morgan fingerprint density at radius 3 is 2.75 bits per heavy atom. The molecule has 0 aliphatic carbocycles. The van der Waals surface area contributed by atoms with Crippen LogP contribution in [0, 0.1) is 20.8 Å². The fraction of sp³-hybridized carbons (Fsp3) is 0.333. The summed E-state index contributed by atoms with van der Waals surface area (Å²) in [4.78, 5) is 4.52. The van der Waals surface area contributed by atoms with Crippen molar-refractivity contribution in [3.05, 3.63) is 47.0 Å². The molecular weight excluding hydrogens is 252 g/mol. The van der Waals surface area contributed by atoms with Crippen LogP contribution >= 0.6 is 0 Å². The maximum atomic E-state index is 5.57. The van der Waals surface area contributed by atoms with Crippen LogP contribution in [0.25, 0.3) is 5.65 Å². The van der Waals surface area contributed by atoms with Gasteiger partial charge in [0.25, 0.3) is 0 Å². The van der Waals surface area contributed by atoms with Crippen LogP contribution in [-0.2, 0) is 0 Å². The van der Waals surface area contributed by atoms with Gasteiger partial charge in [-0.1, -0.05) is 6.07 Å². The smallest absolute Gasteiger partial charge is 0.243 e. The van der Waals surface area contributed by atoms with Crippen LogP contribution in [0.5, 0.6) is 0 Å². The Labute approximate surface area is 117 Å². The lowest BCUT2D eigenvalue weighted by Gasteiger charge is -2.10. The predicted molar refractivity (Wildman–Crippen MR) is 77.9 cm³/mol. The van der Waals surface area contributed by atoms with E-state index in [9.17, 15) is 0 Å². The zero-order valence-corrected chi connectivity index (χ0v) is 12.1. The van der Waals surface area contributed by atoms with Gasteiger partial charge in [-0.25, -0.2) is 4.52 Å². The molecule has 5 heteroatoms. The Hall–Kier alpha value is -2.30. The molecule has 0 aliphatic rings. The molecule has 0 amide bonds. The molecule has 1 atom stereocenters. The third-order valence-corrected chi connectivity index (χ3v) is 3.45. The van der Waals surface area contributed by atoms with E-state index in [1.807, 2.05) is 45.2 Å². The number of furan rings is 1. The van der Waals surface area contributed by atoms with E-state index in [1.54, 1.807) is 4.52 Å². The first-order chi connectivity index (χ1) is 9.54. The number of nitrogens with one attached hydrogen (secondary N) is 1. The van der Waals surface area contributed by atoms with Crippen molar-refractivity contribution in [2.24, 2.45) is 0 Å². The van der Waals surface area contributed by atoms with Gasteiger partial charge in [0, 0.05) is 11.8 Å². The van der Waals surface area contributed by atoms with Gasteiger partial charge < -0.3 is 9.73 Å². The molecule has 3 aromatic heterocycles. The number of anilines is 1. The van der Waals surface area contributed by atoms with Crippen LogP contribution < -0.4 is 5.32 Å². The molecule has 0 radical (unpaired) electrons. The molecule has 3 heterocycles. The first-order valence-electron chi connectivity index (χ1n) is 6.70. The number of aryl methyl sites for hydroxylation is 3. The molecular formula is C15H18N4O. The van der Waals surface area contributed by atoms with E-state index in [0.717, 1.165) is 28.3 Å². The van der Waals surface area contributed by atoms with Crippen molar-refractivity contribution in [2.75, 3.05) is 5.32 Å². The van der Waals surface area contributed by atoms with Crippen molar-refractivity contribution in [1.29, 1.82) is 0 Å². The second kappa shape index (κ2) is 4.67. The predicted octanol–water partition coefficient (Wildman–Crippen LogP) is 3.42. The molecule has 0 aliphatic heterocycles. The van der Waals surface area contributed by atoms with Gasteiger partial charge in [-0.2, -0.15) is 4.98 Å². The lowest BCUT2D eigenvalue weighted by atomic mass is 10.1. The summed E-state index contributed by atoms with van der Waals surface area (Å²) in [7, 11) is 0. The van der Waals surface area contributed by atoms with Gasteiger partial charge in [-0.15, -0.1) is 5.10 Å². The molecule has 5 nitrogen and oxygen atoms in total. The van der Waals surface area contributed by atoms with Crippen LogP contribution in [0.4, 0.5) is 5.95 Å². The summed E-state index contributed by atoms with van der Waals surface area (Å²) >= 11 is 0. The maximum absolute atomic E-state index is 5.57. The van der Waals surface area contributed by atoms with Crippen LogP contribution in [0.15, 0.2) is 28.8 Å². The molecule has 0 aromatic carbocycles. The van der Waals surface area contributed by atoms with E-state index < -0.39 is 0 Å². The highest BCUT2D eigenvalue weighted by Crippen LogP contribution is 2.24. The molecule has 3 aromatic rings. The zero-order chi connectivity index (χ0) is 14.3. The number of nitrogens with zero attached hydrogens (tertiary/aromatic N) is 3. The van der Waals surface area contributed by atoms with Crippen LogP contribution in [0.1, 0.15) is 35.6 Å². The van der Waals surface area contributed by atoms with Crippen LogP contribution in [0.2, 0.25) is 0 Å². The average Bonchev–Trinajstić information content (AvgIpc) is 2.93. The summed E-state index contributed by atoms with van der Waals surface area (Å²) in [5.74, 6) is 2.48. The first-order valence-corrected chi connectivity index (χ1v) is 6.70. The Morgan fingerprint density at radius 1 is 1.30 bits per heavy atom. The normalized spacial score (nSPS) is 12.8. The van der Waals surface area contributed by atoms with Gasteiger partial charge in [0.15, 0.2) is 5.65 Å². The third kappa shape index (κ3) is 2.15. The van der Waals surface area contributed by atoms with Gasteiger partial charge in [0.05, 0.1) is 6.04 Å². The number of aromatic nitrogens is 3. The van der Waals surface area contributed by atoms with Crippen LogP contribution in [-0.4, -0.2) is 14.6 Å². The minimum Gasteiger partial charge on any atom is -0.466 e. The molecule has 0 fully saturated rings. The summed E-state index contributed by atoms with van der Waals surface area (Å²) < 4.78 is 7.35. The molecule has 104 valence electrons. The Kier molecular flexibility index (Phi) is 2.97. The fourth-order valence-electron chi connectivity index (χ4n) is 2.45. The van der Waals surface area contributed by atoms with Gasteiger partial charge in [-0.3, -0.25) is 0 Å². The van der Waals surface area contributed by atoms with Crippen molar-refractivity contribution in [3.63, 3.8) is 0 Å². The minimum absolute atomic E-state index is 0.102. The van der Waals surface area contributed by atoms with Gasteiger partial charge in [0.2, 0.25) is 5.95 Å². The van der Waals surface area contributed by atoms with E-state index in [1.165, 1.54) is 0 Å². The largest absolute Gasteiger partial charge is 0.466 e. The number of fused-ring (bicyclic) bond motifs is 1. The second-order valence-electron chi connectivity index (χ2n) is 5.13. The van der Waals surface area contributed by atoms with E-state index in [0.29, 0.717) is 5.95 Å². The minimum atomic E-state index is 0.102. The summed E-state index contributed by atoms with van der Waals surface area (Å²) in [5, 5.41) is 7.77. The Balaban J connectivity index is 1.89. The standard InChI is InChI=1S/C15H18N4O/c1-9-6-5-7-19-14(9)17-15(18-19)16-11(3)13-8-10(2)20-12(13)4/h5-8,11H,1-4H3,(H,16,18). The summed E-state index contributed by atoms with van der Waals surface area (Å²) in [5.41, 5.74) is 3.12. The molecule has 3 rings (SSSR count). The van der Waals surface area contributed by atoms with Crippen molar-refractivity contribution in [2.45, 2.75) is 33.7 Å². The fourth-order valence-corrected chi connectivity index (χ4v) is 2.45. The van der Waals surface area contributed by atoms with E-state index in [2.05, 4.69) is 22.3 Å². The zero-order valence-electron chi connectivity index (χ0n) is 12.1. The average molecular weight is 270 g/mol. The van der Waals surface area contributed by atoms with Crippen molar-refractivity contribution in [3.8, 4) is 0 Å². The number of hydrogen-bond acceptors (Lipinski definition) is 4. The van der Waals surface area contributed by atoms with Crippen molar-refractivity contribution >= 4 is 11.6 Å². The highest BCUT2D eigenvalue weighted by molar-refractivity contribution is 5.50. The first kappa shape index (κ1) is 12.7. The third-order valence-electron chi connectivity index (χ3n) is 3.45. The SMILES string of the molecule is Cc1cc(C(C)Nc2nc3c(C)cccn3n2)c(C)o1. The second-order valence-corrected chi connectivity index (χ2v) is 5.13. The van der Waals surface area contributed by atoms with Crippen LogP contribution in [0.3, 0.4) is 0 Å². The molecule has 0 spiro atoms. The van der Waals surface area contributed by atoms with Gasteiger partial charge >= 0.3 is 0 Å². The quantitative estimate of drug-likeness (QED) is 0.792. The Bertz CT molecular complexity index is 756. The highest BCUT2D eigenvalue weighted by Gasteiger charge is 2.15. The number of rotatable bonds is 3. The summed E-state index contributed by atoms with van der Waals surface area (Å²) in [6.45, 7) is 8.04. The summed E-state index contributed by atoms with van der Waals surface area (Å²) in [6.07, 6.45) is 1.90. The lowest BCUT2D eigenvalue weighted by Crippen LogP contribution is -2.08. The molecule has 0 saturated carbocycles. The number of pyridine rings is 1. The molecule has 0 saturated heterocycles. The van der Waals surface area contributed by atoms with Crippen molar-refractivity contribution in [1.82, 2.24) is 14.6 Å². The topological polar surface area (TPSA) is 55.4 Å². The Morgan fingerprint density at radius 2 is 2.10 bits per heavy atom. The molecule has 20 heavy (non-hydrogen) atoms. The maximum Gasteiger partial charge on any atom is 0.243 e. The van der Waals surface area contributed by atoms with E-state index >= 15 is 0 Å². The summed E-state index contributed by atoms with van der Waals surface area (Å²) in [6, 6.07) is 6.15. The van der Waals surface area contributed by atoms with E-state index in [4.69, 9.17) is 4.42 Å². The number of hydrogen-bond donors (Lipinski definition) is 1. The highest BCUT2D eigenvalue weighted by atomic mass is 16.3. The van der Waals surface area contributed by atoms with E-state index in [-0.39, 0.29) is 6.04 Å². The molecule has 0 bridgehead atoms. The molecule has 1 unspecified atom stereocenters. The van der Waals surface area contributed by atoms with Gasteiger partial charge in [0.1, 0.15) is 11.5 Å².